The Labute approximate surface area is 124 Å². The summed E-state index contributed by atoms with van der Waals surface area (Å²) in [6.07, 6.45) is 5.35. The van der Waals surface area contributed by atoms with Gasteiger partial charge in [-0.2, -0.15) is 5.10 Å². The molecule has 2 N–H and O–H groups in total. The van der Waals surface area contributed by atoms with Gasteiger partial charge in [0.05, 0.1) is 6.04 Å². The molecular weight excluding hydrogens is 264 g/mol. The maximum absolute atomic E-state index is 12.2. The monoisotopic (exact) mass is 284 g/mol. The Bertz CT molecular complexity index is 594. The van der Waals surface area contributed by atoms with E-state index in [0.717, 1.165) is 25.9 Å². The average molecular weight is 284 g/mol. The van der Waals surface area contributed by atoms with Gasteiger partial charge >= 0.3 is 0 Å². The number of rotatable bonds is 5. The largest absolute Gasteiger partial charge is 0.355 e. The molecular formula is C16H20N4O. The van der Waals surface area contributed by atoms with E-state index < -0.39 is 0 Å². The minimum atomic E-state index is -0.121. The highest BCUT2D eigenvalue weighted by Gasteiger charge is 2.23. The lowest BCUT2D eigenvalue weighted by molar-refractivity contribution is -0.123. The predicted molar refractivity (Wildman–Crippen MR) is 80.6 cm³/mol. The molecule has 0 saturated heterocycles. The zero-order valence-electron chi connectivity index (χ0n) is 12.0. The summed E-state index contributed by atoms with van der Waals surface area (Å²) >= 11 is 0. The van der Waals surface area contributed by atoms with E-state index in [2.05, 4.69) is 27.9 Å². The quantitative estimate of drug-likeness (QED) is 0.809. The number of carbonyl (C=O) groups excluding carboxylic acids is 1. The molecule has 3 rings (SSSR count). The zero-order chi connectivity index (χ0) is 14.5. The van der Waals surface area contributed by atoms with E-state index in [1.165, 1.54) is 11.1 Å². The van der Waals surface area contributed by atoms with Crippen molar-refractivity contribution < 1.29 is 4.79 Å². The van der Waals surface area contributed by atoms with Gasteiger partial charge in [0.1, 0.15) is 0 Å². The normalized spacial score (nSPS) is 17.2. The lowest BCUT2D eigenvalue weighted by atomic mass is 9.95. The van der Waals surface area contributed by atoms with E-state index in [4.69, 9.17) is 0 Å². The van der Waals surface area contributed by atoms with Crippen molar-refractivity contribution in [2.24, 2.45) is 0 Å². The van der Waals surface area contributed by atoms with Gasteiger partial charge in [0.2, 0.25) is 5.91 Å². The summed E-state index contributed by atoms with van der Waals surface area (Å²) in [4.78, 5) is 12.2. The van der Waals surface area contributed by atoms with Crippen molar-refractivity contribution in [3.05, 3.63) is 53.9 Å². The molecule has 1 amide bonds. The van der Waals surface area contributed by atoms with Crippen molar-refractivity contribution in [2.45, 2.75) is 32.0 Å². The molecule has 1 aliphatic heterocycles. The first-order chi connectivity index (χ1) is 10.3. The second kappa shape index (κ2) is 6.54. The molecule has 0 spiro atoms. The number of aromatic nitrogens is 2. The van der Waals surface area contributed by atoms with Gasteiger partial charge < -0.3 is 10.6 Å². The lowest BCUT2D eigenvalue weighted by Crippen LogP contribution is -2.47. The summed E-state index contributed by atoms with van der Waals surface area (Å²) in [6, 6.07) is 10.1. The molecule has 0 bridgehead atoms. The maximum atomic E-state index is 12.2. The second-order valence-corrected chi connectivity index (χ2v) is 5.32. The number of benzene rings is 1. The van der Waals surface area contributed by atoms with Crippen LogP contribution < -0.4 is 10.6 Å². The molecule has 1 aromatic carbocycles. The van der Waals surface area contributed by atoms with Gasteiger partial charge in [-0.05, 0) is 30.0 Å². The van der Waals surface area contributed by atoms with E-state index in [1.54, 1.807) is 6.20 Å². The van der Waals surface area contributed by atoms with Crippen LogP contribution in [0.15, 0.2) is 42.7 Å². The topological polar surface area (TPSA) is 59.0 Å². The van der Waals surface area contributed by atoms with Crippen molar-refractivity contribution >= 4 is 5.91 Å². The van der Waals surface area contributed by atoms with Crippen LogP contribution in [0.5, 0.6) is 0 Å². The first-order valence-corrected chi connectivity index (χ1v) is 7.38. The van der Waals surface area contributed by atoms with Gasteiger partial charge in [-0.3, -0.25) is 9.48 Å². The van der Waals surface area contributed by atoms with E-state index in [9.17, 15) is 4.79 Å². The van der Waals surface area contributed by atoms with Gasteiger partial charge in [0, 0.05) is 32.0 Å². The fourth-order valence-electron chi connectivity index (χ4n) is 2.65. The number of hydrogen-bond donors (Lipinski definition) is 2. The van der Waals surface area contributed by atoms with Crippen molar-refractivity contribution in [3.8, 4) is 0 Å². The molecule has 0 aliphatic carbocycles. The Morgan fingerprint density at radius 2 is 2.19 bits per heavy atom. The Morgan fingerprint density at radius 1 is 1.33 bits per heavy atom. The standard InChI is InChI=1S/C16H20N4O/c21-16(17-7-3-9-20-10-4-8-19-20)15-11-13-5-1-2-6-14(13)12-18-15/h1-2,4-6,8,10,15,18H,3,7,9,11-12H2,(H,17,21)/t15-/m1/s1. The lowest BCUT2D eigenvalue weighted by Gasteiger charge is -2.25. The summed E-state index contributed by atoms with van der Waals surface area (Å²) in [7, 11) is 0. The maximum Gasteiger partial charge on any atom is 0.237 e. The molecule has 0 radical (unpaired) electrons. The highest BCUT2D eigenvalue weighted by atomic mass is 16.2. The average Bonchev–Trinajstić information content (AvgIpc) is 3.04. The Morgan fingerprint density at radius 3 is 3.00 bits per heavy atom. The molecule has 1 aliphatic rings. The van der Waals surface area contributed by atoms with Crippen molar-refractivity contribution in [2.75, 3.05) is 6.54 Å². The second-order valence-electron chi connectivity index (χ2n) is 5.32. The third-order valence-corrected chi connectivity index (χ3v) is 3.82. The fourth-order valence-corrected chi connectivity index (χ4v) is 2.65. The van der Waals surface area contributed by atoms with Gasteiger partial charge in [0.25, 0.3) is 0 Å². The van der Waals surface area contributed by atoms with Gasteiger partial charge in [0.15, 0.2) is 0 Å². The number of fused-ring (bicyclic) bond motifs is 1. The van der Waals surface area contributed by atoms with Crippen LogP contribution in [0.1, 0.15) is 17.5 Å². The minimum absolute atomic E-state index is 0.0879. The van der Waals surface area contributed by atoms with E-state index in [-0.39, 0.29) is 11.9 Å². The highest BCUT2D eigenvalue weighted by molar-refractivity contribution is 5.82. The zero-order valence-corrected chi connectivity index (χ0v) is 12.0. The van der Waals surface area contributed by atoms with Gasteiger partial charge in [-0.25, -0.2) is 0 Å². The van der Waals surface area contributed by atoms with Crippen molar-refractivity contribution in [3.63, 3.8) is 0 Å². The molecule has 5 nitrogen and oxygen atoms in total. The smallest absolute Gasteiger partial charge is 0.237 e. The van der Waals surface area contributed by atoms with E-state index >= 15 is 0 Å². The van der Waals surface area contributed by atoms with Crippen LogP contribution >= 0.6 is 0 Å². The summed E-state index contributed by atoms with van der Waals surface area (Å²) in [6.45, 7) is 2.27. The predicted octanol–water partition coefficient (Wildman–Crippen LogP) is 1.10. The third kappa shape index (κ3) is 3.49. The molecule has 1 aromatic heterocycles. The molecule has 0 unspecified atom stereocenters. The fraction of sp³-hybridized carbons (Fsp3) is 0.375. The van der Waals surface area contributed by atoms with E-state index in [1.807, 2.05) is 29.1 Å². The van der Waals surface area contributed by atoms with Crippen LogP contribution in [-0.2, 0) is 24.3 Å². The number of nitrogens with one attached hydrogen (secondary N) is 2. The molecule has 0 fully saturated rings. The molecule has 21 heavy (non-hydrogen) atoms. The van der Waals surface area contributed by atoms with Crippen molar-refractivity contribution in [1.29, 1.82) is 0 Å². The minimum Gasteiger partial charge on any atom is -0.355 e. The van der Waals surface area contributed by atoms with Gasteiger partial charge in [-0.15, -0.1) is 0 Å². The van der Waals surface area contributed by atoms with Crippen LogP contribution in [0, 0.1) is 0 Å². The molecule has 2 heterocycles. The van der Waals surface area contributed by atoms with Crippen LogP contribution in [0.3, 0.4) is 0 Å². The molecule has 0 saturated carbocycles. The van der Waals surface area contributed by atoms with E-state index in [0.29, 0.717) is 6.54 Å². The third-order valence-electron chi connectivity index (χ3n) is 3.82. The van der Waals surface area contributed by atoms with Crippen LogP contribution in [-0.4, -0.2) is 28.3 Å². The number of amides is 1. The Kier molecular flexibility index (Phi) is 4.31. The Balaban J connectivity index is 1.44. The first-order valence-electron chi connectivity index (χ1n) is 7.38. The SMILES string of the molecule is O=C(NCCCn1cccn1)[C@H]1Cc2ccccc2CN1. The molecule has 1 atom stereocenters. The van der Waals surface area contributed by atoms with Gasteiger partial charge in [-0.1, -0.05) is 24.3 Å². The summed E-state index contributed by atoms with van der Waals surface area (Å²) in [5.74, 6) is 0.0879. The summed E-state index contributed by atoms with van der Waals surface area (Å²) in [5.41, 5.74) is 2.56. The van der Waals surface area contributed by atoms with Crippen molar-refractivity contribution in [1.82, 2.24) is 20.4 Å². The summed E-state index contributed by atoms with van der Waals surface area (Å²) < 4.78 is 1.88. The molecule has 110 valence electrons. The number of aryl methyl sites for hydroxylation is 1. The highest BCUT2D eigenvalue weighted by Crippen LogP contribution is 2.16. The van der Waals surface area contributed by atoms with Crippen LogP contribution in [0.4, 0.5) is 0 Å². The number of nitrogens with zero attached hydrogens (tertiary/aromatic N) is 2. The first kappa shape index (κ1) is 13.8. The van der Waals surface area contributed by atoms with Crippen LogP contribution in [0.2, 0.25) is 0 Å². The number of hydrogen-bond acceptors (Lipinski definition) is 3. The molecule has 5 heteroatoms. The molecule has 2 aromatic rings. The van der Waals surface area contributed by atoms with Crippen LogP contribution in [0.25, 0.3) is 0 Å². The summed E-state index contributed by atoms with van der Waals surface area (Å²) in [5, 5.41) is 10.4. The number of carbonyl (C=O) groups is 1. The Hall–Kier alpha value is -2.14.